The number of rotatable bonds is 4. The first-order valence-electron chi connectivity index (χ1n) is 10.0. The molecule has 0 bridgehead atoms. The molecule has 0 saturated carbocycles. The summed E-state index contributed by atoms with van der Waals surface area (Å²) in [5.74, 6) is -0.111. The molecule has 2 amide bonds. The van der Waals surface area contributed by atoms with Crippen LogP contribution in [0.2, 0.25) is 0 Å². The summed E-state index contributed by atoms with van der Waals surface area (Å²) in [4.78, 5) is 29.8. The van der Waals surface area contributed by atoms with Crippen molar-refractivity contribution >= 4 is 11.8 Å². The number of fused-ring (bicyclic) bond motifs is 1. The molecule has 0 aliphatic carbocycles. The molecule has 5 nitrogen and oxygen atoms in total. The van der Waals surface area contributed by atoms with E-state index in [0.29, 0.717) is 44.5 Å². The maximum Gasteiger partial charge on any atom is 0.233 e. The van der Waals surface area contributed by atoms with E-state index in [9.17, 15) is 14.0 Å². The lowest BCUT2D eigenvalue weighted by atomic mass is 9.75. The maximum atomic E-state index is 13.8. The number of amides is 2. The minimum Gasteiger partial charge on any atom is -0.377 e. The Hall–Kier alpha value is -1.95. The fourth-order valence-corrected chi connectivity index (χ4v) is 4.80. The Labute approximate surface area is 159 Å². The Morgan fingerprint density at radius 1 is 1.15 bits per heavy atom. The highest BCUT2D eigenvalue weighted by atomic mass is 19.1. The summed E-state index contributed by atoms with van der Waals surface area (Å²) in [7, 11) is 0. The van der Waals surface area contributed by atoms with Crippen LogP contribution in [-0.2, 0) is 20.7 Å². The Balaban J connectivity index is 1.44. The van der Waals surface area contributed by atoms with Crippen molar-refractivity contribution in [3.05, 3.63) is 35.6 Å². The second kappa shape index (κ2) is 7.58. The van der Waals surface area contributed by atoms with Gasteiger partial charge in [0.2, 0.25) is 11.8 Å². The fourth-order valence-electron chi connectivity index (χ4n) is 4.80. The SMILES string of the molecule is O=C(CCc1ccccc1F)N1CC[C@H]2OCC[C@@]2(C(=O)N2CCCC2)C1. The van der Waals surface area contributed by atoms with E-state index in [2.05, 4.69) is 0 Å². The first-order chi connectivity index (χ1) is 13.1. The average Bonchev–Trinajstić information content (AvgIpc) is 3.36. The van der Waals surface area contributed by atoms with Gasteiger partial charge in [-0.2, -0.15) is 0 Å². The van der Waals surface area contributed by atoms with E-state index in [4.69, 9.17) is 4.74 Å². The number of hydrogen-bond acceptors (Lipinski definition) is 3. The molecule has 146 valence electrons. The van der Waals surface area contributed by atoms with Gasteiger partial charge in [-0.1, -0.05) is 18.2 Å². The average molecular weight is 374 g/mol. The van der Waals surface area contributed by atoms with Gasteiger partial charge in [-0.05, 0) is 43.7 Å². The summed E-state index contributed by atoms with van der Waals surface area (Å²) in [6, 6.07) is 6.58. The lowest BCUT2D eigenvalue weighted by Crippen LogP contribution is -2.58. The maximum absolute atomic E-state index is 13.8. The molecule has 3 heterocycles. The highest BCUT2D eigenvalue weighted by molar-refractivity contribution is 5.86. The zero-order valence-electron chi connectivity index (χ0n) is 15.7. The van der Waals surface area contributed by atoms with Crippen molar-refractivity contribution in [2.45, 2.75) is 44.6 Å². The summed E-state index contributed by atoms with van der Waals surface area (Å²) in [5, 5.41) is 0. The van der Waals surface area contributed by atoms with Gasteiger partial charge in [0.15, 0.2) is 0 Å². The molecule has 0 aromatic heterocycles. The van der Waals surface area contributed by atoms with E-state index < -0.39 is 5.41 Å². The van der Waals surface area contributed by atoms with Crippen LogP contribution in [0.3, 0.4) is 0 Å². The molecule has 0 spiro atoms. The number of halogens is 1. The normalized spacial score (nSPS) is 27.7. The number of benzene rings is 1. The molecule has 2 atom stereocenters. The molecule has 3 aliphatic heterocycles. The van der Waals surface area contributed by atoms with Crippen LogP contribution in [0.25, 0.3) is 0 Å². The van der Waals surface area contributed by atoms with E-state index in [1.165, 1.54) is 6.07 Å². The zero-order valence-corrected chi connectivity index (χ0v) is 15.7. The van der Waals surface area contributed by atoms with Crippen LogP contribution in [0.5, 0.6) is 0 Å². The predicted octanol–water partition coefficient (Wildman–Crippen LogP) is 2.39. The van der Waals surface area contributed by atoms with Crippen molar-refractivity contribution in [3.63, 3.8) is 0 Å². The van der Waals surface area contributed by atoms with Gasteiger partial charge in [0.1, 0.15) is 5.82 Å². The van der Waals surface area contributed by atoms with Crippen molar-refractivity contribution in [3.8, 4) is 0 Å². The van der Waals surface area contributed by atoms with Crippen LogP contribution in [0.4, 0.5) is 4.39 Å². The van der Waals surface area contributed by atoms with Gasteiger partial charge in [-0.3, -0.25) is 9.59 Å². The second-order valence-electron chi connectivity index (χ2n) is 7.96. The largest absolute Gasteiger partial charge is 0.377 e. The third kappa shape index (κ3) is 3.47. The zero-order chi connectivity index (χ0) is 18.9. The molecule has 1 aromatic carbocycles. The van der Waals surface area contributed by atoms with Gasteiger partial charge < -0.3 is 14.5 Å². The van der Waals surface area contributed by atoms with E-state index in [1.807, 2.05) is 4.90 Å². The summed E-state index contributed by atoms with van der Waals surface area (Å²) in [6.07, 6.45) is 4.06. The first-order valence-corrected chi connectivity index (χ1v) is 10.0. The smallest absolute Gasteiger partial charge is 0.233 e. The molecular formula is C21H27FN2O3. The van der Waals surface area contributed by atoms with Crippen molar-refractivity contribution in [2.75, 3.05) is 32.8 Å². The van der Waals surface area contributed by atoms with Crippen LogP contribution in [-0.4, -0.2) is 60.5 Å². The number of likely N-dealkylation sites (tertiary alicyclic amines) is 2. The van der Waals surface area contributed by atoms with Crippen molar-refractivity contribution in [1.82, 2.24) is 9.80 Å². The summed E-state index contributed by atoms with van der Waals surface area (Å²) < 4.78 is 19.7. The number of carbonyl (C=O) groups excluding carboxylic acids is 2. The Morgan fingerprint density at radius 3 is 2.70 bits per heavy atom. The Morgan fingerprint density at radius 2 is 1.93 bits per heavy atom. The Bertz CT molecular complexity index is 719. The van der Waals surface area contributed by atoms with Gasteiger partial charge in [0.05, 0.1) is 11.5 Å². The van der Waals surface area contributed by atoms with Crippen LogP contribution < -0.4 is 0 Å². The van der Waals surface area contributed by atoms with Gasteiger partial charge >= 0.3 is 0 Å². The van der Waals surface area contributed by atoms with Crippen molar-refractivity contribution in [1.29, 1.82) is 0 Å². The third-order valence-electron chi connectivity index (χ3n) is 6.36. The quantitative estimate of drug-likeness (QED) is 0.813. The molecule has 27 heavy (non-hydrogen) atoms. The summed E-state index contributed by atoms with van der Waals surface area (Å²) in [5.41, 5.74) is -0.0243. The highest BCUT2D eigenvalue weighted by Gasteiger charge is 2.55. The van der Waals surface area contributed by atoms with Crippen LogP contribution in [0, 0.1) is 11.2 Å². The third-order valence-corrected chi connectivity index (χ3v) is 6.36. The van der Waals surface area contributed by atoms with E-state index in [1.54, 1.807) is 23.1 Å². The molecule has 3 aliphatic rings. The van der Waals surface area contributed by atoms with Crippen molar-refractivity contribution < 1.29 is 18.7 Å². The van der Waals surface area contributed by atoms with E-state index >= 15 is 0 Å². The molecule has 0 N–H and O–H groups in total. The molecule has 0 unspecified atom stereocenters. The fraction of sp³-hybridized carbons (Fsp3) is 0.619. The van der Waals surface area contributed by atoms with Gasteiger partial charge in [-0.15, -0.1) is 0 Å². The number of hydrogen-bond donors (Lipinski definition) is 0. The second-order valence-corrected chi connectivity index (χ2v) is 7.96. The Kier molecular flexibility index (Phi) is 5.17. The molecule has 0 radical (unpaired) electrons. The number of carbonyl (C=O) groups is 2. The lowest BCUT2D eigenvalue weighted by molar-refractivity contribution is -0.153. The molecule has 6 heteroatoms. The predicted molar refractivity (Wildman–Crippen MR) is 98.5 cm³/mol. The first kappa shape index (κ1) is 18.4. The number of nitrogens with zero attached hydrogens (tertiary/aromatic N) is 2. The minimum absolute atomic E-state index is 0.00259. The molecule has 3 saturated heterocycles. The van der Waals surface area contributed by atoms with Crippen LogP contribution in [0.15, 0.2) is 24.3 Å². The van der Waals surface area contributed by atoms with Gasteiger partial charge in [0.25, 0.3) is 0 Å². The molecular weight excluding hydrogens is 347 g/mol. The number of piperidine rings is 1. The van der Waals surface area contributed by atoms with Crippen molar-refractivity contribution in [2.24, 2.45) is 5.41 Å². The topological polar surface area (TPSA) is 49.9 Å². The van der Waals surface area contributed by atoms with Crippen LogP contribution in [0.1, 0.15) is 37.7 Å². The van der Waals surface area contributed by atoms with E-state index in [0.717, 1.165) is 25.9 Å². The van der Waals surface area contributed by atoms with Gasteiger partial charge in [-0.25, -0.2) is 4.39 Å². The summed E-state index contributed by atoms with van der Waals surface area (Å²) in [6.45, 7) is 3.25. The molecule has 1 aromatic rings. The number of ether oxygens (including phenoxy) is 1. The minimum atomic E-state index is -0.587. The lowest BCUT2D eigenvalue weighted by Gasteiger charge is -2.44. The number of aryl methyl sites for hydroxylation is 1. The highest BCUT2D eigenvalue weighted by Crippen LogP contribution is 2.43. The standard InChI is InChI=1S/C21H27FN2O3/c22-17-6-2-1-5-16(17)7-8-19(25)24-13-9-18-21(15-24,10-14-27-18)20(26)23-11-3-4-12-23/h1-2,5-6,18H,3-4,7-15H2/t18-,21-/m1/s1. The molecule has 4 rings (SSSR count). The molecule has 3 fully saturated rings. The van der Waals surface area contributed by atoms with Crippen LogP contribution >= 0.6 is 0 Å². The van der Waals surface area contributed by atoms with Gasteiger partial charge in [0, 0.05) is 39.2 Å². The summed E-state index contributed by atoms with van der Waals surface area (Å²) >= 11 is 0. The van der Waals surface area contributed by atoms with E-state index in [-0.39, 0.29) is 30.2 Å². The monoisotopic (exact) mass is 374 g/mol.